The minimum Gasteiger partial charge on any atom is -0.463 e. The lowest BCUT2D eigenvalue weighted by Gasteiger charge is -2.40. The number of carbonyl (C=O) groups excluding carboxylic acids is 3. The smallest absolute Gasteiger partial charge is 0.409 e. The molecule has 0 aliphatic carbocycles. The van der Waals surface area contributed by atoms with Crippen molar-refractivity contribution in [1.82, 2.24) is 4.90 Å². The number of nitrogens with two attached hydrogens (primary N) is 1. The minimum absolute atomic E-state index is 0.0299. The molecule has 1 aliphatic heterocycles. The van der Waals surface area contributed by atoms with Gasteiger partial charge in [-0.25, -0.2) is 14.4 Å². The first kappa shape index (κ1) is 25.2. The number of aliphatic hydroxyl groups is 1. The summed E-state index contributed by atoms with van der Waals surface area (Å²) in [5, 5.41) is 12.9. The average molecular weight is 431 g/mol. The Balaban J connectivity index is 3.03. The number of amides is 1. The van der Waals surface area contributed by atoms with Gasteiger partial charge in [0, 0.05) is 25.9 Å². The predicted octanol–water partition coefficient (Wildman–Crippen LogP) is -0.105. The molecule has 1 heterocycles. The number of piperidine rings is 1. The first-order valence-electron chi connectivity index (χ1n) is 9.47. The molecule has 1 fully saturated rings. The number of hydrogen-bond donors (Lipinski definition) is 2. The zero-order valence-corrected chi connectivity index (χ0v) is 17.4. The van der Waals surface area contributed by atoms with E-state index in [1.54, 1.807) is 13.8 Å². The third-order valence-corrected chi connectivity index (χ3v) is 4.19. The number of oxime groups is 1. The Morgan fingerprint density at radius 3 is 2.33 bits per heavy atom. The van der Waals surface area contributed by atoms with Crippen LogP contribution in [0.2, 0.25) is 0 Å². The number of methoxy groups -OCH3 is 1. The molecular weight excluding hydrogens is 402 g/mol. The zero-order valence-electron chi connectivity index (χ0n) is 17.4. The van der Waals surface area contributed by atoms with E-state index in [0.717, 1.165) is 6.08 Å². The summed E-state index contributed by atoms with van der Waals surface area (Å²) in [5.41, 5.74) is 4.94. The van der Waals surface area contributed by atoms with E-state index in [4.69, 9.17) is 34.6 Å². The van der Waals surface area contributed by atoms with E-state index in [-0.39, 0.29) is 58.2 Å². The van der Waals surface area contributed by atoms with E-state index in [0.29, 0.717) is 0 Å². The third kappa shape index (κ3) is 7.19. The number of aliphatic hydroxyl groups excluding tert-OH is 1. The van der Waals surface area contributed by atoms with E-state index < -0.39 is 29.4 Å². The SMILES string of the molecule is CCOC(=O)/C=C(\O/N=C(\N)C1(OCCO)CCN(C(=O)OC)CC1)C(=O)OCC. The van der Waals surface area contributed by atoms with Crippen LogP contribution in [0.1, 0.15) is 26.7 Å². The molecule has 1 amide bonds. The number of likely N-dealkylation sites (tertiary alicyclic amines) is 1. The van der Waals surface area contributed by atoms with Crippen LogP contribution < -0.4 is 5.73 Å². The van der Waals surface area contributed by atoms with Crippen LogP contribution in [0, 0.1) is 0 Å². The molecule has 1 rings (SSSR count). The van der Waals surface area contributed by atoms with Crippen LogP contribution in [-0.2, 0) is 33.4 Å². The quantitative estimate of drug-likeness (QED) is 0.0909. The van der Waals surface area contributed by atoms with Gasteiger partial charge in [0.05, 0.1) is 39.6 Å². The van der Waals surface area contributed by atoms with Crippen LogP contribution in [0.5, 0.6) is 0 Å². The van der Waals surface area contributed by atoms with Gasteiger partial charge in [-0.15, -0.1) is 0 Å². The van der Waals surface area contributed by atoms with Gasteiger partial charge in [0.2, 0.25) is 5.76 Å². The molecule has 0 aromatic heterocycles. The van der Waals surface area contributed by atoms with Crippen molar-refractivity contribution < 1.29 is 43.3 Å². The molecule has 0 unspecified atom stereocenters. The fourth-order valence-corrected chi connectivity index (χ4v) is 2.69. The largest absolute Gasteiger partial charge is 0.463 e. The molecule has 12 heteroatoms. The Morgan fingerprint density at radius 2 is 1.80 bits per heavy atom. The summed E-state index contributed by atoms with van der Waals surface area (Å²) in [7, 11) is 1.28. The van der Waals surface area contributed by atoms with E-state index in [9.17, 15) is 14.4 Å². The van der Waals surface area contributed by atoms with Crippen molar-refractivity contribution in [2.75, 3.05) is 46.6 Å². The van der Waals surface area contributed by atoms with Crippen LogP contribution in [0.4, 0.5) is 4.79 Å². The Kier molecular flexibility index (Phi) is 10.6. The summed E-state index contributed by atoms with van der Waals surface area (Å²) in [6.45, 7) is 3.58. The Bertz CT molecular complexity index is 655. The van der Waals surface area contributed by atoms with Gasteiger partial charge in [-0.05, 0) is 13.8 Å². The highest BCUT2D eigenvalue weighted by molar-refractivity contribution is 5.95. The summed E-state index contributed by atoms with van der Waals surface area (Å²) in [6.07, 6.45) is 0.813. The lowest BCUT2D eigenvalue weighted by atomic mass is 9.90. The van der Waals surface area contributed by atoms with E-state index in [1.807, 2.05) is 0 Å². The van der Waals surface area contributed by atoms with Gasteiger partial charge < -0.3 is 39.5 Å². The van der Waals surface area contributed by atoms with E-state index >= 15 is 0 Å². The van der Waals surface area contributed by atoms with Crippen molar-refractivity contribution in [2.24, 2.45) is 10.9 Å². The molecule has 0 aromatic rings. The molecule has 30 heavy (non-hydrogen) atoms. The number of esters is 2. The zero-order chi connectivity index (χ0) is 22.6. The molecule has 12 nitrogen and oxygen atoms in total. The van der Waals surface area contributed by atoms with Crippen molar-refractivity contribution in [1.29, 1.82) is 0 Å². The fourth-order valence-electron chi connectivity index (χ4n) is 2.69. The van der Waals surface area contributed by atoms with Gasteiger partial charge >= 0.3 is 18.0 Å². The molecule has 3 N–H and O–H groups in total. The van der Waals surface area contributed by atoms with Crippen molar-refractivity contribution in [3.63, 3.8) is 0 Å². The number of carbonyl (C=O) groups is 3. The summed E-state index contributed by atoms with van der Waals surface area (Å²) in [4.78, 5) is 42.0. The number of hydrogen-bond acceptors (Lipinski definition) is 10. The maximum Gasteiger partial charge on any atom is 0.409 e. The van der Waals surface area contributed by atoms with Crippen LogP contribution in [0.25, 0.3) is 0 Å². The van der Waals surface area contributed by atoms with Crippen LogP contribution >= 0.6 is 0 Å². The normalized spacial score (nSPS) is 16.6. The van der Waals surface area contributed by atoms with Crippen molar-refractivity contribution in [2.45, 2.75) is 32.3 Å². The molecule has 1 saturated heterocycles. The molecule has 0 atom stereocenters. The van der Waals surface area contributed by atoms with Crippen molar-refractivity contribution in [3.8, 4) is 0 Å². The molecular formula is C18H29N3O9. The highest BCUT2D eigenvalue weighted by Crippen LogP contribution is 2.27. The highest BCUT2D eigenvalue weighted by atomic mass is 16.7. The predicted molar refractivity (Wildman–Crippen MR) is 103 cm³/mol. The first-order valence-corrected chi connectivity index (χ1v) is 9.47. The second-order valence-corrected chi connectivity index (χ2v) is 6.07. The van der Waals surface area contributed by atoms with Crippen LogP contribution in [0.3, 0.4) is 0 Å². The standard InChI is InChI=1S/C18H29N3O9/c1-4-27-14(23)12-13(15(24)28-5-2)30-20-16(19)18(29-11-10-22)6-8-21(9-7-18)17(25)26-3/h12,22H,4-11H2,1-3H3,(H2,19,20)/b13-12-. The average Bonchev–Trinajstić information content (AvgIpc) is 2.75. The van der Waals surface area contributed by atoms with E-state index in [1.165, 1.54) is 12.0 Å². The Labute approximate surface area is 174 Å². The minimum atomic E-state index is -1.14. The second kappa shape index (κ2) is 12.6. The summed E-state index contributed by atoms with van der Waals surface area (Å²) in [6, 6.07) is 0. The van der Waals surface area contributed by atoms with Gasteiger partial charge in [0.15, 0.2) is 5.84 Å². The molecule has 1 aliphatic rings. The third-order valence-electron chi connectivity index (χ3n) is 4.19. The molecule has 0 saturated carbocycles. The van der Waals surface area contributed by atoms with Gasteiger partial charge in [-0.3, -0.25) is 0 Å². The highest BCUT2D eigenvalue weighted by Gasteiger charge is 2.41. The first-order chi connectivity index (χ1) is 14.3. The summed E-state index contributed by atoms with van der Waals surface area (Å²) < 4.78 is 20.0. The van der Waals surface area contributed by atoms with E-state index in [2.05, 4.69) is 5.16 Å². The lowest BCUT2D eigenvalue weighted by Crippen LogP contribution is -2.55. The maximum absolute atomic E-state index is 12.0. The molecule has 0 bridgehead atoms. The van der Waals surface area contributed by atoms with Crippen LogP contribution in [0.15, 0.2) is 17.0 Å². The number of rotatable bonds is 10. The number of nitrogens with zero attached hydrogens (tertiary/aromatic N) is 2. The van der Waals surface area contributed by atoms with Crippen molar-refractivity contribution in [3.05, 3.63) is 11.8 Å². The fraction of sp³-hybridized carbons (Fsp3) is 0.667. The van der Waals surface area contributed by atoms with Gasteiger partial charge in [0.25, 0.3) is 0 Å². The molecule has 0 spiro atoms. The molecule has 0 radical (unpaired) electrons. The number of ether oxygens (including phenoxy) is 4. The summed E-state index contributed by atoms with van der Waals surface area (Å²) in [5.74, 6) is -2.37. The van der Waals surface area contributed by atoms with Crippen LogP contribution in [-0.4, -0.2) is 86.1 Å². The van der Waals surface area contributed by atoms with Gasteiger partial charge in [-0.1, -0.05) is 5.16 Å². The maximum atomic E-state index is 12.0. The molecule has 0 aromatic carbocycles. The molecule has 170 valence electrons. The topological polar surface area (TPSA) is 159 Å². The lowest BCUT2D eigenvalue weighted by molar-refractivity contribution is -0.144. The summed E-state index contributed by atoms with van der Waals surface area (Å²) >= 11 is 0. The van der Waals surface area contributed by atoms with Gasteiger partial charge in [0.1, 0.15) is 5.60 Å². The number of amidine groups is 1. The van der Waals surface area contributed by atoms with Crippen molar-refractivity contribution >= 4 is 23.9 Å². The monoisotopic (exact) mass is 431 g/mol. The second-order valence-electron chi connectivity index (χ2n) is 6.07. The van der Waals surface area contributed by atoms with Gasteiger partial charge in [-0.2, -0.15) is 0 Å². The Hall–Kier alpha value is -2.86. The Morgan fingerprint density at radius 1 is 1.17 bits per heavy atom.